The summed E-state index contributed by atoms with van der Waals surface area (Å²) in [6.07, 6.45) is -1.86. The van der Waals surface area contributed by atoms with Gasteiger partial charge in [-0.15, -0.1) is 0 Å². The monoisotopic (exact) mass is 194 g/mol. The van der Waals surface area contributed by atoms with Crippen molar-refractivity contribution in [3.63, 3.8) is 0 Å². The molecule has 0 saturated heterocycles. The molecule has 70 valence electrons. The molecular weight excluding hydrogens is 191 g/mol. The van der Waals surface area contributed by atoms with E-state index in [-0.39, 0.29) is 6.08 Å². The first-order chi connectivity index (χ1) is 6.00. The molecule has 1 rings (SSSR count). The average molecular weight is 194 g/mol. The molecule has 0 heterocycles. The van der Waals surface area contributed by atoms with Crippen LogP contribution in [-0.2, 0) is 0 Å². The molecule has 1 aromatic rings. The van der Waals surface area contributed by atoms with Crippen LogP contribution >= 0.6 is 0 Å². The van der Waals surface area contributed by atoms with E-state index in [2.05, 4.69) is 0 Å². The Balaban J connectivity index is 3.21. The fraction of sp³-hybridized carbons (Fsp3) is 0. The molecule has 1 aromatic carbocycles. The van der Waals surface area contributed by atoms with E-state index in [4.69, 9.17) is 0 Å². The van der Waals surface area contributed by atoms with Crippen molar-refractivity contribution in [1.82, 2.24) is 0 Å². The van der Waals surface area contributed by atoms with Gasteiger partial charge in [-0.1, -0.05) is 0 Å². The maximum absolute atomic E-state index is 12.4. The molecule has 0 nitrogen and oxygen atoms in total. The molecular formula is C8H3F5. The Labute approximate surface area is 70.3 Å². The summed E-state index contributed by atoms with van der Waals surface area (Å²) >= 11 is 0. The molecule has 13 heavy (non-hydrogen) atoms. The van der Waals surface area contributed by atoms with Crippen LogP contribution in [0.5, 0.6) is 0 Å². The molecule has 0 aliphatic rings. The highest BCUT2D eigenvalue weighted by molar-refractivity contribution is 5.49. The van der Waals surface area contributed by atoms with Crippen LogP contribution in [0, 0.1) is 17.5 Å². The molecule has 0 amide bonds. The second kappa shape index (κ2) is 3.55. The molecule has 0 unspecified atom stereocenters. The van der Waals surface area contributed by atoms with Crippen LogP contribution in [0.25, 0.3) is 6.08 Å². The van der Waals surface area contributed by atoms with Crippen LogP contribution < -0.4 is 0 Å². The number of hydrogen-bond donors (Lipinski definition) is 0. The summed E-state index contributed by atoms with van der Waals surface area (Å²) in [7, 11) is 0. The summed E-state index contributed by atoms with van der Waals surface area (Å²) < 4.78 is 60.3. The third-order valence-corrected chi connectivity index (χ3v) is 1.28. The summed E-state index contributed by atoms with van der Waals surface area (Å²) in [6, 6.07) is 0.967. The lowest BCUT2D eigenvalue weighted by atomic mass is 10.2. The van der Waals surface area contributed by atoms with E-state index in [1.807, 2.05) is 0 Å². The van der Waals surface area contributed by atoms with E-state index < -0.39 is 29.1 Å². The van der Waals surface area contributed by atoms with E-state index in [9.17, 15) is 22.0 Å². The van der Waals surface area contributed by atoms with Gasteiger partial charge in [0.25, 0.3) is 6.08 Å². The van der Waals surface area contributed by atoms with Gasteiger partial charge < -0.3 is 0 Å². The van der Waals surface area contributed by atoms with Crippen molar-refractivity contribution in [3.05, 3.63) is 41.2 Å². The molecule has 0 fully saturated rings. The highest BCUT2D eigenvalue weighted by Crippen LogP contribution is 2.16. The zero-order chi connectivity index (χ0) is 10.0. The van der Waals surface area contributed by atoms with Gasteiger partial charge in [-0.2, -0.15) is 8.78 Å². The largest absolute Gasteiger partial charge is 0.270 e. The predicted octanol–water partition coefficient (Wildman–Crippen LogP) is 3.34. The Morgan fingerprint density at radius 3 is 1.85 bits per heavy atom. The Morgan fingerprint density at radius 2 is 1.46 bits per heavy atom. The SMILES string of the molecule is FC(F)=Cc1cc(F)c(F)c(F)c1. The lowest BCUT2D eigenvalue weighted by molar-refractivity contribution is 0.428. The molecule has 0 radical (unpaired) electrons. The topological polar surface area (TPSA) is 0 Å². The Kier molecular flexibility index (Phi) is 2.65. The zero-order valence-electron chi connectivity index (χ0n) is 6.12. The minimum absolute atomic E-state index is 0.242. The highest BCUT2D eigenvalue weighted by atomic mass is 19.3. The first-order valence-corrected chi connectivity index (χ1v) is 3.18. The van der Waals surface area contributed by atoms with Crippen molar-refractivity contribution in [1.29, 1.82) is 0 Å². The maximum atomic E-state index is 12.4. The molecule has 0 spiro atoms. The van der Waals surface area contributed by atoms with Gasteiger partial charge in [-0.3, -0.25) is 0 Å². The summed E-state index contributed by atoms with van der Waals surface area (Å²) in [5.74, 6) is -4.66. The van der Waals surface area contributed by atoms with Crippen molar-refractivity contribution in [3.8, 4) is 0 Å². The highest BCUT2D eigenvalue weighted by Gasteiger charge is 2.09. The van der Waals surface area contributed by atoms with E-state index in [0.29, 0.717) is 12.1 Å². The van der Waals surface area contributed by atoms with Crippen LogP contribution in [0.1, 0.15) is 5.56 Å². The first-order valence-electron chi connectivity index (χ1n) is 3.18. The van der Waals surface area contributed by atoms with Gasteiger partial charge in [0, 0.05) is 6.08 Å². The molecule has 0 saturated carbocycles. The van der Waals surface area contributed by atoms with Gasteiger partial charge in [-0.25, -0.2) is 13.2 Å². The lowest BCUT2D eigenvalue weighted by Gasteiger charge is -1.96. The van der Waals surface area contributed by atoms with E-state index in [1.54, 1.807) is 0 Å². The Hall–Kier alpha value is -1.39. The van der Waals surface area contributed by atoms with Crippen molar-refractivity contribution in [2.24, 2.45) is 0 Å². The smallest absolute Gasteiger partial charge is 0.204 e. The summed E-state index contributed by atoms with van der Waals surface area (Å²) in [6.45, 7) is 0. The lowest BCUT2D eigenvalue weighted by Crippen LogP contribution is -1.91. The second-order valence-electron chi connectivity index (χ2n) is 2.23. The molecule has 0 aliphatic heterocycles. The summed E-state index contributed by atoms with van der Waals surface area (Å²) in [4.78, 5) is 0. The maximum Gasteiger partial charge on any atom is 0.270 e. The van der Waals surface area contributed by atoms with Crippen LogP contribution in [0.2, 0.25) is 0 Å². The van der Waals surface area contributed by atoms with Crippen molar-refractivity contribution < 1.29 is 22.0 Å². The normalized spacial score (nSPS) is 9.92. The molecule has 0 aliphatic carbocycles. The van der Waals surface area contributed by atoms with E-state index in [1.165, 1.54) is 0 Å². The number of halogens is 5. The minimum Gasteiger partial charge on any atom is -0.204 e. The molecule has 0 atom stereocenters. The zero-order valence-corrected chi connectivity index (χ0v) is 6.12. The first kappa shape index (κ1) is 9.70. The van der Waals surface area contributed by atoms with Gasteiger partial charge in [0.15, 0.2) is 17.5 Å². The summed E-state index contributed by atoms with van der Waals surface area (Å²) in [5.41, 5.74) is -0.420. The molecule has 0 bridgehead atoms. The Bertz CT molecular complexity index is 329. The van der Waals surface area contributed by atoms with Crippen molar-refractivity contribution in [2.75, 3.05) is 0 Å². The number of rotatable bonds is 1. The van der Waals surface area contributed by atoms with Gasteiger partial charge in [0.1, 0.15) is 0 Å². The quantitative estimate of drug-likeness (QED) is 0.475. The fourth-order valence-electron chi connectivity index (χ4n) is 0.784. The van der Waals surface area contributed by atoms with Gasteiger partial charge in [-0.05, 0) is 17.7 Å². The van der Waals surface area contributed by atoms with Crippen LogP contribution in [0.3, 0.4) is 0 Å². The predicted molar refractivity (Wildman–Crippen MR) is 36.5 cm³/mol. The van der Waals surface area contributed by atoms with E-state index in [0.717, 1.165) is 0 Å². The van der Waals surface area contributed by atoms with Crippen LogP contribution in [0.15, 0.2) is 18.2 Å². The summed E-state index contributed by atoms with van der Waals surface area (Å²) in [5, 5.41) is 0. The molecule has 0 N–H and O–H groups in total. The number of benzene rings is 1. The standard InChI is InChI=1S/C8H3F5/c9-5-1-4(3-7(11)12)2-6(10)8(5)13/h1-3H. The van der Waals surface area contributed by atoms with Crippen molar-refractivity contribution in [2.45, 2.75) is 0 Å². The van der Waals surface area contributed by atoms with E-state index >= 15 is 0 Å². The van der Waals surface area contributed by atoms with Crippen LogP contribution in [0.4, 0.5) is 22.0 Å². The molecule has 5 heteroatoms. The third kappa shape index (κ3) is 2.27. The Morgan fingerprint density at radius 1 is 1.00 bits per heavy atom. The van der Waals surface area contributed by atoms with Crippen molar-refractivity contribution >= 4 is 6.08 Å². The van der Waals surface area contributed by atoms with Crippen LogP contribution in [-0.4, -0.2) is 0 Å². The van der Waals surface area contributed by atoms with Gasteiger partial charge in [0.05, 0.1) is 0 Å². The van der Waals surface area contributed by atoms with Gasteiger partial charge in [0.2, 0.25) is 0 Å². The molecule has 0 aromatic heterocycles. The fourth-order valence-corrected chi connectivity index (χ4v) is 0.784. The minimum atomic E-state index is -2.11. The third-order valence-electron chi connectivity index (χ3n) is 1.28. The second-order valence-corrected chi connectivity index (χ2v) is 2.23. The number of hydrogen-bond acceptors (Lipinski definition) is 0. The average Bonchev–Trinajstić information content (AvgIpc) is 1.98. The van der Waals surface area contributed by atoms with Gasteiger partial charge >= 0.3 is 0 Å².